The molecule has 3 N–H and O–H groups in total. The van der Waals surface area contributed by atoms with E-state index in [0.717, 1.165) is 23.3 Å². The lowest BCUT2D eigenvalue weighted by Crippen LogP contribution is -2.41. The van der Waals surface area contributed by atoms with Gasteiger partial charge in [0, 0.05) is 19.3 Å². The van der Waals surface area contributed by atoms with Crippen molar-refractivity contribution in [1.29, 1.82) is 0 Å². The Balaban J connectivity index is 2.65. The summed E-state index contributed by atoms with van der Waals surface area (Å²) in [6.45, 7) is 4.55. The van der Waals surface area contributed by atoms with Gasteiger partial charge in [-0.15, -0.1) is 0 Å². The van der Waals surface area contributed by atoms with Crippen LogP contribution in [-0.4, -0.2) is 32.8 Å². The van der Waals surface area contributed by atoms with Gasteiger partial charge in [-0.25, -0.2) is 0 Å². The zero-order valence-corrected chi connectivity index (χ0v) is 13.3. The van der Waals surface area contributed by atoms with Crippen LogP contribution in [0.25, 0.3) is 0 Å². The molecule has 1 amide bonds. The molecule has 1 rings (SSSR count). The SMILES string of the molecule is COCCCC(N)C(=O)NC(C)c1cc(C)ccc1OC. The number of methoxy groups -OCH3 is 2. The Morgan fingerprint density at radius 3 is 2.71 bits per heavy atom. The van der Waals surface area contributed by atoms with Gasteiger partial charge in [0.15, 0.2) is 0 Å². The number of carbonyl (C=O) groups is 1. The number of ether oxygens (including phenoxy) is 2. The third-order valence-corrected chi connectivity index (χ3v) is 3.41. The van der Waals surface area contributed by atoms with Crippen LogP contribution in [0.15, 0.2) is 18.2 Å². The van der Waals surface area contributed by atoms with Gasteiger partial charge in [-0.3, -0.25) is 4.79 Å². The van der Waals surface area contributed by atoms with Gasteiger partial charge in [0.25, 0.3) is 0 Å². The first-order valence-electron chi connectivity index (χ1n) is 7.19. The molecular weight excluding hydrogens is 268 g/mol. The van der Waals surface area contributed by atoms with Gasteiger partial charge in [-0.2, -0.15) is 0 Å². The fourth-order valence-electron chi connectivity index (χ4n) is 2.17. The molecule has 1 aromatic carbocycles. The molecule has 0 heterocycles. The lowest BCUT2D eigenvalue weighted by atomic mass is 10.0. The molecule has 0 aliphatic heterocycles. The van der Waals surface area contributed by atoms with Gasteiger partial charge in [-0.05, 0) is 32.8 Å². The molecule has 0 saturated heterocycles. The Morgan fingerprint density at radius 1 is 1.38 bits per heavy atom. The topological polar surface area (TPSA) is 73.6 Å². The van der Waals surface area contributed by atoms with Crippen molar-refractivity contribution in [2.45, 2.75) is 38.8 Å². The van der Waals surface area contributed by atoms with Crippen LogP contribution in [0.3, 0.4) is 0 Å². The minimum Gasteiger partial charge on any atom is -0.496 e. The number of aryl methyl sites for hydroxylation is 1. The summed E-state index contributed by atoms with van der Waals surface area (Å²) in [5.41, 5.74) is 7.96. The van der Waals surface area contributed by atoms with Crippen LogP contribution >= 0.6 is 0 Å². The molecule has 0 spiro atoms. The Morgan fingerprint density at radius 2 is 2.10 bits per heavy atom. The monoisotopic (exact) mass is 294 g/mol. The standard InChI is InChI=1S/C16H26N2O3/c1-11-7-8-15(21-4)13(10-11)12(2)18-16(19)14(17)6-5-9-20-3/h7-8,10,12,14H,5-6,9,17H2,1-4H3,(H,18,19). The van der Waals surface area contributed by atoms with Gasteiger partial charge in [-0.1, -0.05) is 17.7 Å². The van der Waals surface area contributed by atoms with E-state index in [0.29, 0.717) is 13.0 Å². The highest BCUT2D eigenvalue weighted by molar-refractivity contribution is 5.81. The molecule has 0 saturated carbocycles. The maximum atomic E-state index is 12.1. The molecular formula is C16H26N2O3. The van der Waals surface area contributed by atoms with E-state index in [-0.39, 0.29) is 11.9 Å². The highest BCUT2D eigenvalue weighted by Gasteiger charge is 2.18. The molecule has 5 heteroatoms. The molecule has 21 heavy (non-hydrogen) atoms. The highest BCUT2D eigenvalue weighted by atomic mass is 16.5. The van der Waals surface area contributed by atoms with E-state index in [1.165, 1.54) is 0 Å². The number of hydrogen-bond donors (Lipinski definition) is 2. The number of benzene rings is 1. The Bertz CT molecular complexity index is 463. The second-order valence-electron chi connectivity index (χ2n) is 5.22. The molecule has 2 atom stereocenters. The van der Waals surface area contributed by atoms with Crippen LogP contribution in [0.4, 0.5) is 0 Å². The maximum absolute atomic E-state index is 12.1. The third kappa shape index (κ3) is 5.36. The van der Waals surface area contributed by atoms with Crippen molar-refractivity contribution in [2.75, 3.05) is 20.8 Å². The number of amides is 1. The average Bonchev–Trinajstić information content (AvgIpc) is 2.47. The lowest BCUT2D eigenvalue weighted by Gasteiger charge is -2.20. The maximum Gasteiger partial charge on any atom is 0.237 e. The van der Waals surface area contributed by atoms with E-state index in [1.54, 1.807) is 14.2 Å². The minimum absolute atomic E-state index is 0.151. The van der Waals surface area contributed by atoms with Crippen molar-refractivity contribution in [2.24, 2.45) is 5.73 Å². The summed E-state index contributed by atoms with van der Waals surface area (Å²) in [6.07, 6.45) is 1.38. The molecule has 0 aromatic heterocycles. The largest absolute Gasteiger partial charge is 0.496 e. The fraction of sp³-hybridized carbons (Fsp3) is 0.562. The average molecular weight is 294 g/mol. The molecule has 1 aromatic rings. The van der Waals surface area contributed by atoms with Crippen molar-refractivity contribution in [3.05, 3.63) is 29.3 Å². The van der Waals surface area contributed by atoms with E-state index in [1.807, 2.05) is 32.0 Å². The molecule has 0 aliphatic rings. The predicted octanol–water partition coefficient (Wildman–Crippen LogP) is 1.93. The Hall–Kier alpha value is -1.59. The summed E-state index contributed by atoms with van der Waals surface area (Å²) >= 11 is 0. The second-order valence-corrected chi connectivity index (χ2v) is 5.22. The first-order valence-corrected chi connectivity index (χ1v) is 7.19. The summed E-state index contributed by atoms with van der Waals surface area (Å²) in [5.74, 6) is 0.614. The summed E-state index contributed by atoms with van der Waals surface area (Å²) in [6, 6.07) is 5.23. The molecule has 118 valence electrons. The number of hydrogen-bond acceptors (Lipinski definition) is 4. The van der Waals surface area contributed by atoms with Crippen LogP contribution in [-0.2, 0) is 9.53 Å². The van der Waals surface area contributed by atoms with Crippen LogP contribution in [0, 0.1) is 6.92 Å². The normalized spacial score (nSPS) is 13.6. The lowest BCUT2D eigenvalue weighted by molar-refractivity contribution is -0.123. The molecule has 2 unspecified atom stereocenters. The van der Waals surface area contributed by atoms with E-state index in [4.69, 9.17) is 15.2 Å². The fourth-order valence-corrected chi connectivity index (χ4v) is 2.17. The number of carbonyl (C=O) groups excluding carboxylic acids is 1. The Labute approximate surface area is 126 Å². The van der Waals surface area contributed by atoms with Crippen LogP contribution in [0.1, 0.15) is 36.9 Å². The number of nitrogens with two attached hydrogens (primary N) is 1. The summed E-state index contributed by atoms with van der Waals surface area (Å²) < 4.78 is 10.3. The molecule has 0 fully saturated rings. The van der Waals surface area contributed by atoms with Crippen LogP contribution in [0.5, 0.6) is 5.75 Å². The molecule has 0 radical (unpaired) electrons. The van der Waals surface area contributed by atoms with Gasteiger partial charge >= 0.3 is 0 Å². The zero-order chi connectivity index (χ0) is 15.8. The third-order valence-electron chi connectivity index (χ3n) is 3.41. The minimum atomic E-state index is -0.515. The van der Waals surface area contributed by atoms with Crippen molar-refractivity contribution >= 4 is 5.91 Å². The van der Waals surface area contributed by atoms with Crippen molar-refractivity contribution in [3.8, 4) is 5.75 Å². The van der Waals surface area contributed by atoms with E-state index in [9.17, 15) is 4.79 Å². The molecule has 0 aliphatic carbocycles. The van der Waals surface area contributed by atoms with E-state index in [2.05, 4.69) is 5.32 Å². The van der Waals surface area contributed by atoms with Gasteiger partial charge < -0.3 is 20.5 Å². The van der Waals surface area contributed by atoms with Crippen molar-refractivity contribution in [3.63, 3.8) is 0 Å². The van der Waals surface area contributed by atoms with Crippen LogP contribution in [0.2, 0.25) is 0 Å². The predicted molar refractivity (Wildman–Crippen MR) is 83.4 cm³/mol. The second kappa shape index (κ2) is 8.64. The van der Waals surface area contributed by atoms with Crippen molar-refractivity contribution < 1.29 is 14.3 Å². The zero-order valence-electron chi connectivity index (χ0n) is 13.3. The van der Waals surface area contributed by atoms with Gasteiger partial charge in [0.05, 0.1) is 19.2 Å². The summed E-state index contributed by atoms with van der Waals surface area (Å²) in [5, 5.41) is 2.94. The first kappa shape index (κ1) is 17.5. The first-order chi connectivity index (χ1) is 9.99. The Kier molecular flexibility index (Phi) is 7.19. The number of nitrogens with one attached hydrogen (secondary N) is 1. The van der Waals surface area contributed by atoms with Gasteiger partial charge in [0.1, 0.15) is 5.75 Å². The summed E-state index contributed by atoms with van der Waals surface area (Å²) in [7, 11) is 3.26. The highest BCUT2D eigenvalue weighted by Crippen LogP contribution is 2.26. The molecule has 0 bridgehead atoms. The van der Waals surface area contributed by atoms with Crippen molar-refractivity contribution in [1.82, 2.24) is 5.32 Å². The number of rotatable bonds is 8. The van der Waals surface area contributed by atoms with Crippen LogP contribution < -0.4 is 15.8 Å². The van der Waals surface area contributed by atoms with E-state index < -0.39 is 6.04 Å². The summed E-state index contributed by atoms with van der Waals surface area (Å²) in [4.78, 5) is 12.1. The van der Waals surface area contributed by atoms with Gasteiger partial charge in [0.2, 0.25) is 5.91 Å². The van der Waals surface area contributed by atoms with E-state index >= 15 is 0 Å². The smallest absolute Gasteiger partial charge is 0.237 e. The molecule has 5 nitrogen and oxygen atoms in total. The quantitative estimate of drug-likeness (QED) is 0.719.